The number of benzene rings is 2. The highest BCUT2D eigenvalue weighted by molar-refractivity contribution is 7.80. The zero-order valence-corrected chi connectivity index (χ0v) is 17.5. The minimum Gasteiger partial charge on any atom is -0.493 e. The number of hydrogen-bond acceptors (Lipinski definition) is 6. The number of hydrogen-bond donors (Lipinski definition) is 2. The summed E-state index contributed by atoms with van der Waals surface area (Å²) in [5, 5.41) is 6.76. The van der Waals surface area contributed by atoms with E-state index in [2.05, 4.69) is 10.6 Å². The van der Waals surface area contributed by atoms with E-state index in [0.717, 1.165) is 5.56 Å². The summed E-state index contributed by atoms with van der Waals surface area (Å²) in [6.45, 7) is 0.417. The van der Waals surface area contributed by atoms with Crippen LogP contribution < -0.4 is 24.8 Å². The van der Waals surface area contributed by atoms with Crippen LogP contribution in [0.1, 0.15) is 15.9 Å². The predicted octanol–water partition coefficient (Wildman–Crippen LogP) is 3.64. The average Bonchev–Trinajstić information content (AvgIpc) is 2.72. The number of nitrogens with one attached hydrogen (secondary N) is 2. The molecule has 0 atom stereocenters. The molecule has 0 aromatic heterocycles. The largest absolute Gasteiger partial charge is 0.493 e. The van der Waals surface area contributed by atoms with Crippen LogP contribution in [0.5, 0.6) is 17.2 Å². The zero-order chi connectivity index (χ0) is 20.7. The Morgan fingerprint density at radius 3 is 2.21 bits per heavy atom. The fourth-order valence-corrected chi connectivity index (χ4v) is 2.85. The molecule has 2 aromatic carbocycles. The van der Waals surface area contributed by atoms with E-state index in [1.165, 1.54) is 7.11 Å². The molecule has 0 spiro atoms. The summed E-state index contributed by atoms with van der Waals surface area (Å²) >= 11 is 11.3. The number of halogens is 1. The number of anilines is 1. The number of rotatable bonds is 7. The van der Waals surface area contributed by atoms with Crippen LogP contribution in [0.3, 0.4) is 0 Å². The third-order valence-corrected chi connectivity index (χ3v) is 4.38. The van der Waals surface area contributed by atoms with Gasteiger partial charge < -0.3 is 29.6 Å². The minimum atomic E-state index is -0.523. The van der Waals surface area contributed by atoms with Crippen LogP contribution in [-0.4, -0.2) is 39.5 Å². The molecule has 0 saturated carbocycles. The van der Waals surface area contributed by atoms with E-state index in [1.54, 1.807) is 39.5 Å². The van der Waals surface area contributed by atoms with Crippen molar-refractivity contribution in [3.63, 3.8) is 0 Å². The summed E-state index contributed by atoms with van der Waals surface area (Å²) in [7, 11) is 5.95. The molecule has 0 unspecified atom stereocenters. The molecule has 2 rings (SSSR count). The summed E-state index contributed by atoms with van der Waals surface area (Å²) in [6.07, 6.45) is 0. The quantitative estimate of drug-likeness (QED) is 0.515. The van der Waals surface area contributed by atoms with Gasteiger partial charge in [0, 0.05) is 12.2 Å². The van der Waals surface area contributed by atoms with E-state index >= 15 is 0 Å². The number of ether oxygens (including phenoxy) is 4. The van der Waals surface area contributed by atoms with Crippen LogP contribution >= 0.6 is 23.8 Å². The van der Waals surface area contributed by atoms with Crippen molar-refractivity contribution >= 4 is 40.6 Å². The Kier molecular flexibility index (Phi) is 7.71. The van der Waals surface area contributed by atoms with Crippen LogP contribution in [0.25, 0.3) is 0 Å². The van der Waals surface area contributed by atoms with Crippen molar-refractivity contribution in [2.24, 2.45) is 0 Å². The van der Waals surface area contributed by atoms with Gasteiger partial charge in [0.25, 0.3) is 0 Å². The maximum atomic E-state index is 11.7. The van der Waals surface area contributed by atoms with E-state index in [-0.39, 0.29) is 5.56 Å². The molecule has 28 heavy (non-hydrogen) atoms. The summed E-state index contributed by atoms with van der Waals surface area (Å²) in [5.41, 5.74) is 1.73. The van der Waals surface area contributed by atoms with Crippen molar-refractivity contribution in [2.45, 2.75) is 6.54 Å². The molecule has 0 heterocycles. The molecule has 0 radical (unpaired) electrons. The monoisotopic (exact) mass is 424 g/mol. The van der Waals surface area contributed by atoms with Crippen molar-refractivity contribution in [1.82, 2.24) is 5.32 Å². The van der Waals surface area contributed by atoms with Crippen LogP contribution in [-0.2, 0) is 11.3 Å². The third kappa shape index (κ3) is 5.17. The van der Waals surface area contributed by atoms with Gasteiger partial charge in [-0.1, -0.05) is 11.6 Å². The molecule has 0 aliphatic heterocycles. The summed E-state index contributed by atoms with van der Waals surface area (Å²) in [6, 6.07) is 8.53. The predicted molar refractivity (Wildman–Crippen MR) is 112 cm³/mol. The first kappa shape index (κ1) is 21.6. The maximum absolute atomic E-state index is 11.7. The zero-order valence-electron chi connectivity index (χ0n) is 15.9. The van der Waals surface area contributed by atoms with Crippen LogP contribution in [0, 0.1) is 0 Å². The lowest BCUT2D eigenvalue weighted by Gasteiger charge is -2.15. The van der Waals surface area contributed by atoms with Gasteiger partial charge in [-0.05, 0) is 48.1 Å². The molecule has 0 amide bonds. The Labute approximate surface area is 173 Å². The second-order valence-electron chi connectivity index (χ2n) is 5.53. The first-order valence-electron chi connectivity index (χ1n) is 8.15. The van der Waals surface area contributed by atoms with Crippen LogP contribution in [0.2, 0.25) is 5.02 Å². The highest BCUT2D eigenvalue weighted by atomic mass is 35.5. The molecule has 0 saturated heterocycles. The van der Waals surface area contributed by atoms with Crippen molar-refractivity contribution in [2.75, 3.05) is 33.8 Å². The van der Waals surface area contributed by atoms with Crippen molar-refractivity contribution in [3.05, 3.63) is 46.5 Å². The standard InChI is InChI=1S/C19H21ClN2O5S/c1-24-15-7-11(8-16(25-2)17(15)26-3)10-21-19(28)22-12-5-6-14(20)13(9-12)18(23)27-4/h5-9H,10H2,1-4H3,(H2,21,22,28). The average molecular weight is 425 g/mol. The van der Waals surface area contributed by atoms with E-state index in [9.17, 15) is 4.79 Å². The second-order valence-corrected chi connectivity index (χ2v) is 6.34. The molecule has 150 valence electrons. The highest BCUT2D eigenvalue weighted by Crippen LogP contribution is 2.38. The van der Waals surface area contributed by atoms with Gasteiger partial charge in [-0.3, -0.25) is 0 Å². The summed E-state index contributed by atoms with van der Waals surface area (Å²) in [5.74, 6) is 1.10. The lowest BCUT2D eigenvalue weighted by atomic mass is 10.2. The van der Waals surface area contributed by atoms with Gasteiger partial charge >= 0.3 is 5.97 Å². The highest BCUT2D eigenvalue weighted by Gasteiger charge is 2.14. The van der Waals surface area contributed by atoms with Gasteiger partial charge in [-0.25, -0.2) is 4.79 Å². The fraction of sp³-hybridized carbons (Fsp3) is 0.263. The smallest absolute Gasteiger partial charge is 0.339 e. The summed E-state index contributed by atoms with van der Waals surface area (Å²) in [4.78, 5) is 11.7. The topological polar surface area (TPSA) is 78.1 Å². The van der Waals surface area contributed by atoms with Gasteiger partial charge in [0.05, 0.1) is 39.0 Å². The SMILES string of the molecule is COC(=O)c1cc(NC(=S)NCc2cc(OC)c(OC)c(OC)c2)ccc1Cl. The van der Waals surface area contributed by atoms with Gasteiger partial charge in [0.1, 0.15) is 0 Å². The maximum Gasteiger partial charge on any atom is 0.339 e. The lowest BCUT2D eigenvalue weighted by molar-refractivity contribution is 0.0601. The Morgan fingerprint density at radius 2 is 1.68 bits per heavy atom. The van der Waals surface area contributed by atoms with E-state index in [0.29, 0.717) is 39.6 Å². The molecule has 0 aliphatic carbocycles. The van der Waals surface area contributed by atoms with E-state index in [4.69, 9.17) is 42.8 Å². The number of carbonyl (C=O) groups excluding carboxylic acids is 1. The fourth-order valence-electron chi connectivity index (χ4n) is 2.46. The molecule has 2 N–H and O–H groups in total. The van der Waals surface area contributed by atoms with Crippen LogP contribution in [0.15, 0.2) is 30.3 Å². The van der Waals surface area contributed by atoms with Crippen molar-refractivity contribution < 1.29 is 23.7 Å². The normalized spacial score (nSPS) is 10.0. The number of methoxy groups -OCH3 is 4. The first-order valence-corrected chi connectivity index (χ1v) is 8.93. The Hall–Kier alpha value is -2.71. The van der Waals surface area contributed by atoms with Gasteiger partial charge in [-0.15, -0.1) is 0 Å². The van der Waals surface area contributed by atoms with Crippen molar-refractivity contribution in [3.8, 4) is 17.2 Å². The molecule has 0 aliphatic rings. The Bertz CT molecular complexity index is 850. The molecule has 9 heteroatoms. The molecular weight excluding hydrogens is 404 g/mol. The number of thiocarbonyl (C=S) groups is 1. The summed E-state index contributed by atoms with van der Waals surface area (Å²) < 4.78 is 20.7. The first-order chi connectivity index (χ1) is 13.4. The third-order valence-electron chi connectivity index (χ3n) is 3.81. The molecule has 0 fully saturated rings. The number of carbonyl (C=O) groups is 1. The van der Waals surface area contributed by atoms with Gasteiger partial charge in [0.15, 0.2) is 16.6 Å². The number of esters is 1. The van der Waals surface area contributed by atoms with E-state index in [1.807, 2.05) is 12.1 Å². The second kappa shape index (κ2) is 10.0. The Morgan fingerprint density at radius 1 is 1.04 bits per heavy atom. The van der Waals surface area contributed by atoms with Gasteiger partial charge in [0.2, 0.25) is 5.75 Å². The minimum absolute atomic E-state index is 0.251. The molecule has 0 bridgehead atoms. The molecule has 2 aromatic rings. The Balaban J connectivity index is 2.08. The van der Waals surface area contributed by atoms with Crippen molar-refractivity contribution in [1.29, 1.82) is 0 Å². The van der Waals surface area contributed by atoms with Crippen LogP contribution in [0.4, 0.5) is 5.69 Å². The molecule has 7 nitrogen and oxygen atoms in total. The lowest BCUT2D eigenvalue weighted by Crippen LogP contribution is -2.28. The van der Waals surface area contributed by atoms with E-state index < -0.39 is 5.97 Å². The molecular formula is C19H21ClN2O5S. The van der Waals surface area contributed by atoms with Gasteiger partial charge in [-0.2, -0.15) is 0 Å².